The predicted molar refractivity (Wildman–Crippen MR) is 103 cm³/mol. The summed E-state index contributed by atoms with van der Waals surface area (Å²) in [6.07, 6.45) is 6.31. The molecule has 128 valence electrons. The van der Waals surface area contributed by atoms with Crippen LogP contribution in [-0.2, 0) is 4.74 Å². The summed E-state index contributed by atoms with van der Waals surface area (Å²) >= 11 is 5.22. The topological polar surface area (TPSA) is 29.5 Å². The second-order valence-electron chi connectivity index (χ2n) is 6.33. The molecule has 2 aliphatic heterocycles. The van der Waals surface area contributed by atoms with E-state index in [1.807, 2.05) is 35.2 Å². The van der Waals surface area contributed by atoms with E-state index in [4.69, 9.17) is 4.74 Å². The third-order valence-corrected chi connectivity index (χ3v) is 6.72. The van der Waals surface area contributed by atoms with Crippen LogP contribution < -0.4 is 0 Å². The minimum Gasteiger partial charge on any atom is -0.441 e. The highest BCUT2D eigenvalue weighted by atomic mass is 79.9. The van der Waals surface area contributed by atoms with Gasteiger partial charge in [0.25, 0.3) is 0 Å². The molecule has 2 heterocycles. The molecule has 1 aromatic rings. The quantitative estimate of drug-likeness (QED) is 0.587. The first-order valence-corrected chi connectivity index (χ1v) is 9.96. The van der Waals surface area contributed by atoms with Gasteiger partial charge in [-0.3, -0.25) is 0 Å². The number of nitrogens with zero attached hydrogens (tertiary/aromatic N) is 1. The van der Waals surface area contributed by atoms with Crippen molar-refractivity contribution in [2.75, 3.05) is 6.54 Å². The minimum atomic E-state index is -0.428. The summed E-state index contributed by atoms with van der Waals surface area (Å²) in [7, 11) is 0. The Hall–Kier alpha value is -1.20. The molecular weight excluding hydrogens is 386 g/mol. The molecule has 3 atom stereocenters. The first kappa shape index (κ1) is 17.6. The lowest BCUT2D eigenvalue weighted by molar-refractivity contribution is -0.0545. The van der Waals surface area contributed by atoms with Crippen LogP contribution in [-0.4, -0.2) is 28.4 Å². The molecule has 0 aromatic heterocycles. The van der Waals surface area contributed by atoms with Gasteiger partial charge in [0.05, 0.1) is 11.3 Å². The van der Waals surface area contributed by atoms with Crippen LogP contribution in [0.2, 0.25) is 0 Å². The number of benzene rings is 1. The van der Waals surface area contributed by atoms with Gasteiger partial charge < -0.3 is 9.64 Å². The number of hydrogen-bond acceptors (Lipinski definition) is 3. The van der Waals surface area contributed by atoms with Crippen molar-refractivity contribution in [3.05, 3.63) is 58.4 Å². The van der Waals surface area contributed by atoms with E-state index in [0.717, 1.165) is 22.9 Å². The number of hydrogen-bond donors (Lipinski definition) is 0. The second-order valence-corrected chi connectivity index (χ2v) is 8.36. The molecule has 1 aromatic carbocycles. The summed E-state index contributed by atoms with van der Waals surface area (Å²) in [5, 5.41) is 2.41. The molecule has 1 fully saturated rings. The normalized spacial score (nSPS) is 27.8. The van der Waals surface area contributed by atoms with Crippen molar-refractivity contribution < 1.29 is 9.53 Å². The van der Waals surface area contributed by atoms with Gasteiger partial charge in [0, 0.05) is 23.9 Å². The number of halogens is 1. The molecule has 3 nitrogen and oxygen atoms in total. The highest BCUT2D eigenvalue weighted by Gasteiger charge is 2.47. The number of carbonyl (C=O) groups excluding carboxylic acids is 1. The van der Waals surface area contributed by atoms with Gasteiger partial charge in [-0.15, -0.1) is 18.3 Å². The van der Waals surface area contributed by atoms with Crippen LogP contribution in [0.15, 0.2) is 52.9 Å². The summed E-state index contributed by atoms with van der Waals surface area (Å²) in [6, 6.07) is 8.10. The van der Waals surface area contributed by atoms with E-state index in [1.54, 1.807) is 11.8 Å². The minimum absolute atomic E-state index is 0.00156. The molecular formula is C19H22BrNO2S. The maximum atomic E-state index is 12.8. The van der Waals surface area contributed by atoms with E-state index < -0.39 is 5.60 Å². The summed E-state index contributed by atoms with van der Waals surface area (Å²) in [6.45, 7) is 6.63. The number of carbonyl (C=O) groups is 1. The number of allylic oxidation sites excluding steroid dienone is 1. The molecule has 0 radical (unpaired) electrons. The van der Waals surface area contributed by atoms with Crippen molar-refractivity contribution in [3.8, 4) is 0 Å². The maximum absolute atomic E-state index is 12.8. The molecule has 0 bridgehead atoms. The van der Waals surface area contributed by atoms with E-state index in [-0.39, 0.29) is 12.1 Å². The Kier molecular flexibility index (Phi) is 5.40. The van der Waals surface area contributed by atoms with Crippen LogP contribution >= 0.6 is 27.7 Å². The Labute approximate surface area is 156 Å². The molecule has 1 amide bonds. The molecule has 0 N–H and O–H groups in total. The fourth-order valence-electron chi connectivity index (χ4n) is 3.43. The van der Waals surface area contributed by atoms with Gasteiger partial charge in [-0.1, -0.05) is 40.2 Å². The molecule has 0 spiro atoms. The van der Waals surface area contributed by atoms with Gasteiger partial charge in [0.15, 0.2) is 0 Å². The molecule has 2 aliphatic rings. The van der Waals surface area contributed by atoms with Crippen LogP contribution in [0.1, 0.15) is 37.8 Å². The lowest BCUT2D eigenvalue weighted by Crippen LogP contribution is -2.54. The fourth-order valence-corrected chi connectivity index (χ4v) is 4.84. The average molecular weight is 408 g/mol. The van der Waals surface area contributed by atoms with Crippen molar-refractivity contribution in [1.82, 2.24) is 4.90 Å². The van der Waals surface area contributed by atoms with Crippen LogP contribution in [0, 0.1) is 0 Å². The molecule has 5 heteroatoms. The van der Waals surface area contributed by atoms with Crippen molar-refractivity contribution in [2.45, 2.75) is 43.1 Å². The number of ether oxygens (including phenoxy) is 1. The lowest BCUT2D eigenvalue weighted by Gasteiger charge is -2.45. The molecule has 0 aliphatic carbocycles. The lowest BCUT2D eigenvalue weighted by atomic mass is 9.87. The zero-order chi connectivity index (χ0) is 17.2. The van der Waals surface area contributed by atoms with E-state index in [0.29, 0.717) is 18.2 Å². The van der Waals surface area contributed by atoms with Gasteiger partial charge in [-0.25, -0.2) is 4.79 Å². The Morgan fingerprint density at radius 1 is 1.50 bits per heavy atom. The summed E-state index contributed by atoms with van der Waals surface area (Å²) < 4.78 is 7.06. The summed E-state index contributed by atoms with van der Waals surface area (Å²) in [5.74, 6) is 0. The molecule has 1 saturated heterocycles. The smallest absolute Gasteiger partial charge is 0.410 e. The van der Waals surface area contributed by atoms with Gasteiger partial charge >= 0.3 is 6.09 Å². The Balaban J connectivity index is 1.75. The molecule has 1 unspecified atom stereocenters. The first-order valence-electron chi connectivity index (χ1n) is 8.22. The van der Waals surface area contributed by atoms with Crippen LogP contribution in [0.25, 0.3) is 0 Å². The second kappa shape index (κ2) is 7.36. The molecule has 3 rings (SSSR count). The Morgan fingerprint density at radius 2 is 2.25 bits per heavy atom. The van der Waals surface area contributed by atoms with Crippen LogP contribution in [0.4, 0.5) is 4.79 Å². The largest absolute Gasteiger partial charge is 0.441 e. The highest BCUT2D eigenvalue weighted by Crippen LogP contribution is 2.43. The summed E-state index contributed by atoms with van der Waals surface area (Å²) in [5.41, 5.74) is 0.687. The first-order chi connectivity index (χ1) is 11.6. The van der Waals surface area contributed by atoms with Gasteiger partial charge in [0.2, 0.25) is 0 Å². The number of thioether (sulfide) groups is 1. The van der Waals surface area contributed by atoms with Crippen LogP contribution in [0.3, 0.4) is 0 Å². The molecule has 0 saturated carbocycles. The van der Waals surface area contributed by atoms with Crippen molar-refractivity contribution in [3.63, 3.8) is 0 Å². The van der Waals surface area contributed by atoms with E-state index in [2.05, 4.69) is 40.9 Å². The molecule has 24 heavy (non-hydrogen) atoms. The predicted octanol–water partition coefficient (Wildman–Crippen LogP) is 5.69. The third kappa shape index (κ3) is 3.42. The van der Waals surface area contributed by atoms with Gasteiger partial charge in [-0.2, -0.15) is 0 Å². The van der Waals surface area contributed by atoms with Crippen molar-refractivity contribution in [2.24, 2.45) is 0 Å². The van der Waals surface area contributed by atoms with Crippen molar-refractivity contribution >= 4 is 33.8 Å². The standard InChI is InChI=1S/C19H22BrNO2S/c1-3-10-19(17-5-4-13-24-17)11-12-21(18(22)23-19)14(2)15-6-8-16(20)9-7-15/h3-4,6-9,13-14,17H,1,5,10-12H2,2H3/t14-,17?,19+/m0/s1. The number of amides is 1. The van der Waals surface area contributed by atoms with E-state index in [1.165, 1.54) is 0 Å². The maximum Gasteiger partial charge on any atom is 0.410 e. The zero-order valence-corrected chi connectivity index (χ0v) is 16.2. The Bertz CT molecular complexity index is 637. The zero-order valence-electron chi connectivity index (χ0n) is 13.8. The SMILES string of the molecule is C=CC[C@]1(C2CC=CS2)CCN([C@@H](C)c2ccc(Br)cc2)C(=O)O1. The fraction of sp³-hybridized carbons (Fsp3) is 0.421. The average Bonchev–Trinajstić information content (AvgIpc) is 3.10. The summed E-state index contributed by atoms with van der Waals surface area (Å²) in [4.78, 5) is 14.6. The van der Waals surface area contributed by atoms with E-state index >= 15 is 0 Å². The Morgan fingerprint density at radius 3 is 2.83 bits per heavy atom. The number of cyclic esters (lactones) is 1. The van der Waals surface area contributed by atoms with Crippen molar-refractivity contribution in [1.29, 1.82) is 0 Å². The van der Waals surface area contributed by atoms with E-state index in [9.17, 15) is 4.79 Å². The monoisotopic (exact) mass is 407 g/mol. The van der Waals surface area contributed by atoms with Crippen LogP contribution in [0.5, 0.6) is 0 Å². The third-order valence-electron chi connectivity index (χ3n) is 4.89. The van der Waals surface area contributed by atoms with Gasteiger partial charge in [-0.05, 0) is 36.4 Å². The number of rotatable bonds is 5. The van der Waals surface area contributed by atoms with Gasteiger partial charge in [0.1, 0.15) is 5.60 Å². The highest BCUT2D eigenvalue weighted by molar-refractivity contribution is 9.10.